The van der Waals surface area contributed by atoms with Gasteiger partial charge < -0.3 is 9.67 Å². The number of rotatable bonds is 5. The van der Waals surface area contributed by atoms with Crippen molar-refractivity contribution in [1.82, 2.24) is 9.55 Å². The van der Waals surface area contributed by atoms with Crippen LogP contribution in [0.2, 0.25) is 0 Å². The molecule has 1 aromatic heterocycles. The average Bonchev–Trinajstić information content (AvgIpc) is 2.90. The minimum Gasteiger partial charge on any atom is -0.396 e. The number of fused-ring (bicyclic) bond motifs is 1. The van der Waals surface area contributed by atoms with Gasteiger partial charge in [-0.2, -0.15) is 0 Å². The summed E-state index contributed by atoms with van der Waals surface area (Å²) < 4.78 is 2.16. The molecule has 0 amide bonds. The molecule has 2 aromatic carbocycles. The van der Waals surface area contributed by atoms with E-state index in [0.29, 0.717) is 0 Å². The van der Waals surface area contributed by atoms with E-state index in [9.17, 15) is 0 Å². The predicted molar refractivity (Wildman–Crippen MR) is 91.5 cm³/mol. The Morgan fingerprint density at radius 2 is 1.82 bits per heavy atom. The number of para-hydroxylation sites is 2. The van der Waals surface area contributed by atoms with Crippen LogP contribution < -0.4 is 0 Å². The topological polar surface area (TPSA) is 38.0 Å². The van der Waals surface area contributed by atoms with Gasteiger partial charge in [0.15, 0.2) is 0 Å². The van der Waals surface area contributed by atoms with Gasteiger partial charge in [-0.3, -0.25) is 0 Å². The van der Waals surface area contributed by atoms with Crippen LogP contribution in [-0.2, 0) is 6.54 Å². The maximum Gasteiger partial charge on any atom is 0.133 e. The maximum atomic E-state index is 9.11. The Morgan fingerprint density at radius 1 is 1.05 bits per heavy atom. The molecule has 1 heterocycles. The second-order valence-electron chi connectivity index (χ2n) is 5.43. The second kappa shape index (κ2) is 6.58. The average molecular weight is 292 g/mol. The molecule has 0 atom stereocenters. The molecule has 0 fully saturated rings. The van der Waals surface area contributed by atoms with Crippen LogP contribution in [0.25, 0.3) is 23.2 Å². The summed E-state index contributed by atoms with van der Waals surface area (Å²) in [4.78, 5) is 4.69. The van der Waals surface area contributed by atoms with Gasteiger partial charge in [-0.25, -0.2) is 4.98 Å². The van der Waals surface area contributed by atoms with E-state index in [1.54, 1.807) is 0 Å². The number of aryl methyl sites for hydroxylation is 2. The summed E-state index contributed by atoms with van der Waals surface area (Å²) in [7, 11) is 0. The Morgan fingerprint density at radius 3 is 2.59 bits per heavy atom. The van der Waals surface area contributed by atoms with Crippen LogP contribution in [0.4, 0.5) is 0 Å². The van der Waals surface area contributed by atoms with Crippen molar-refractivity contribution in [3.8, 4) is 0 Å². The molecule has 0 saturated carbocycles. The minimum absolute atomic E-state index is 0.188. The number of aliphatic hydroxyl groups excluding tert-OH is 1. The van der Waals surface area contributed by atoms with E-state index >= 15 is 0 Å². The Balaban J connectivity index is 1.96. The van der Waals surface area contributed by atoms with Crippen molar-refractivity contribution < 1.29 is 5.11 Å². The monoisotopic (exact) mass is 292 g/mol. The quantitative estimate of drug-likeness (QED) is 0.774. The van der Waals surface area contributed by atoms with Gasteiger partial charge in [-0.15, -0.1) is 0 Å². The second-order valence-corrected chi connectivity index (χ2v) is 5.43. The van der Waals surface area contributed by atoms with Gasteiger partial charge in [0.25, 0.3) is 0 Å². The maximum absolute atomic E-state index is 9.11. The van der Waals surface area contributed by atoms with Crippen molar-refractivity contribution in [1.29, 1.82) is 0 Å². The van der Waals surface area contributed by atoms with E-state index in [-0.39, 0.29) is 6.61 Å². The summed E-state index contributed by atoms with van der Waals surface area (Å²) in [6.45, 7) is 3.04. The summed E-state index contributed by atoms with van der Waals surface area (Å²) in [6, 6.07) is 16.5. The SMILES string of the molecule is Cc1ccc(/C=C/c2nc3ccccc3n2CCCO)cc1. The molecule has 3 aromatic rings. The largest absolute Gasteiger partial charge is 0.396 e. The predicted octanol–water partition coefficient (Wildman–Crippen LogP) is 3.90. The van der Waals surface area contributed by atoms with Gasteiger partial charge >= 0.3 is 0 Å². The molecule has 0 aliphatic carbocycles. The van der Waals surface area contributed by atoms with Crippen molar-refractivity contribution in [2.45, 2.75) is 19.9 Å². The number of nitrogens with zero attached hydrogens (tertiary/aromatic N) is 2. The Hall–Kier alpha value is -2.39. The van der Waals surface area contributed by atoms with Crippen LogP contribution in [0.15, 0.2) is 48.5 Å². The fourth-order valence-electron chi connectivity index (χ4n) is 2.53. The Bertz CT molecular complexity index is 785. The molecule has 0 aliphatic rings. The van der Waals surface area contributed by atoms with Gasteiger partial charge in [0.1, 0.15) is 5.82 Å². The number of hydrogen-bond donors (Lipinski definition) is 1. The molecule has 0 saturated heterocycles. The van der Waals surface area contributed by atoms with Crippen molar-refractivity contribution >= 4 is 23.2 Å². The standard InChI is InChI=1S/C19H20N2O/c1-15-7-9-16(10-8-15)11-12-19-20-17-5-2-3-6-18(17)21(19)13-4-14-22/h2-3,5-12,22H,4,13-14H2,1H3/b12-11+. The zero-order valence-electron chi connectivity index (χ0n) is 12.7. The number of imidazole rings is 1. The smallest absolute Gasteiger partial charge is 0.133 e. The van der Waals surface area contributed by atoms with Gasteiger partial charge in [-0.05, 0) is 37.1 Å². The molecule has 3 nitrogen and oxygen atoms in total. The summed E-state index contributed by atoms with van der Waals surface area (Å²) in [5, 5.41) is 9.11. The normalized spacial score (nSPS) is 11.5. The van der Waals surface area contributed by atoms with E-state index in [2.05, 4.69) is 47.9 Å². The molecule has 3 heteroatoms. The lowest BCUT2D eigenvalue weighted by Gasteiger charge is -2.05. The lowest BCUT2D eigenvalue weighted by molar-refractivity contribution is 0.280. The highest BCUT2D eigenvalue weighted by Gasteiger charge is 2.07. The molecule has 0 spiro atoms. The lowest BCUT2D eigenvalue weighted by Crippen LogP contribution is -2.02. The molecule has 0 aliphatic heterocycles. The first-order valence-corrected chi connectivity index (χ1v) is 7.59. The van der Waals surface area contributed by atoms with E-state index in [1.165, 1.54) is 5.56 Å². The highest BCUT2D eigenvalue weighted by atomic mass is 16.3. The van der Waals surface area contributed by atoms with Gasteiger partial charge in [0, 0.05) is 13.2 Å². The molecule has 22 heavy (non-hydrogen) atoms. The molecule has 3 rings (SSSR count). The van der Waals surface area contributed by atoms with E-state index in [0.717, 1.165) is 35.4 Å². The van der Waals surface area contributed by atoms with Crippen LogP contribution in [0.5, 0.6) is 0 Å². The molecular formula is C19H20N2O. The number of benzene rings is 2. The van der Waals surface area contributed by atoms with Crippen molar-refractivity contribution in [3.63, 3.8) is 0 Å². The fraction of sp³-hybridized carbons (Fsp3) is 0.211. The number of hydrogen-bond acceptors (Lipinski definition) is 2. The van der Waals surface area contributed by atoms with Crippen LogP contribution in [0.1, 0.15) is 23.4 Å². The molecule has 0 bridgehead atoms. The van der Waals surface area contributed by atoms with Crippen LogP contribution >= 0.6 is 0 Å². The summed E-state index contributed by atoms with van der Waals surface area (Å²) in [6.07, 6.45) is 4.85. The van der Waals surface area contributed by atoms with Gasteiger partial charge in [-0.1, -0.05) is 48.0 Å². The summed E-state index contributed by atoms with van der Waals surface area (Å²) in [5.74, 6) is 0.926. The zero-order chi connectivity index (χ0) is 15.4. The van der Waals surface area contributed by atoms with Crippen LogP contribution in [0, 0.1) is 6.92 Å². The third-order valence-corrected chi connectivity index (χ3v) is 3.73. The molecule has 0 radical (unpaired) electrons. The Kier molecular flexibility index (Phi) is 4.35. The van der Waals surface area contributed by atoms with Crippen LogP contribution in [0.3, 0.4) is 0 Å². The van der Waals surface area contributed by atoms with Crippen molar-refractivity contribution in [2.75, 3.05) is 6.61 Å². The zero-order valence-corrected chi connectivity index (χ0v) is 12.7. The minimum atomic E-state index is 0.188. The molecule has 112 valence electrons. The third kappa shape index (κ3) is 3.10. The molecule has 1 N–H and O–H groups in total. The molecule has 0 unspecified atom stereocenters. The highest BCUT2D eigenvalue weighted by Crippen LogP contribution is 2.18. The molecular weight excluding hydrogens is 272 g/mol. The first kappa shape index (κ1) is 14.5. The number of aromatic nitrogens is 2. The summed E-state index contributed by atoms with van der Waals surface area (Å²) >= 11 is 0. The van der Waals surface area contributed by atoms with E-state index in [4.69, 9.17) is 10.1 Å². The van der Waals surface area contributed by atoms with Gasteiger partial charge in [0.2, 0.25) is 0 Å². The summed E-state index contributed by atoms with van der Waals surface area (Å²) in [5.41, 5.74) is 4.52. The first-order valence-electron chi connectivity index (χ1n) is 7.59. The van der Waals surface area contributed by atoms with Crippen molar-refractivity contribution in [2.24, 2.45) is 0 Å². The Labute approximate surface area is 130 Å². The highest BCUT2D eigenvalue weighted by molar-refractivity contribution is 5.79. The lowest BCUT2D eigenvalue weighted by atomic mass is 10.1. The van der Waals surface area contributed by atoms with E-state index in [1.807, 2.05) is 24.3 Å². The van der Waals surface area contributed by atoms with Gasteiger partial charge in [0.05, 0.1) is 11.0 Å². The van der Waals surface area contributed by atoms with E-state index < -0.39 is 0 Å². The van der Waals surface area contributed by atoms with Crippen molar-refractivity contribution in [3.05, 3.63) is 65.5 Å². The first-order chi connectivity index (χ1) is 10.8. The fourth-order valence-corrected chi connectivity index (χ4v) is 2.53. The third-order valence-electron chi connectivity index (χ3n) is 3.73. The number of aliphatic hydroxyl groups is 1. The van der Waals surface area contributed by atoms with Crippen LogP contribution in [-0.4, -0.2) is 21.3 Å².